The molecule has 2 aliphatic rings. The van der Waals surface area contributed by atoms with Crippen molar-refractivity contribution in [3.63, 3.8) is 0 Å². The molecule has 0 aliphatic carbocycles. The van der Waals surface area contributed by atoms with Crippen LogP contribution in [0.1, 0.15) is 42.5 Å². The maximum Gasteiger partial charge on any atom is 0.255 e. The Hall–Kier alpha value is -2.21. The van der Waals surface area contributed by atoms with E-state index < -0.39 is 11.4 Å². The number of aromatic nitrogens is 1. The van der Waals surface area contributed by atoms with Gasteiger partial charge in [0.05, 0.1) is 17.2 Å². The lowest BCUT2D eigenvalue weighted by Crippen LogP contribution is -2.56. The van der Waals surface area contributed by atoms with Gasteiger partial charge in [0.15, 0.2) is 0 Å². The van der Waals surface area contributed by atoms with Gasteiger partial charge in [-0.3, -0.25) is 9.59 Å². The second-order valence-corrected chi connectivity index (χ2v) is 6.81. The van der Waals surface area contributed by atoms with Gasteiger partial charge >= 0.3 is 0 Å². The first kappa shape index (κ1) is 15.3. The van der Waals surface area contributed by atoms with Crippen molar-refractivity contribution in [2.75, 3.05) is 0 Å². The number of rotatable bonds is 1. The maximum absolute atomic E-state index is 13.4. The Bertz CT molecular complexity index is 849. The first-order valence-corrected chi connectivity index (χ1v) is 8.36. The molecule has 2 bridgehead atoms. The maximum atomic E-state index is 13.4. The van der Waals surface area contributed by atoms with E-state index in [1.165, 1.54) is 24.3 Å². The third-order valence-corrected chi connectivity index (χ3v) is 5.22. The first-order valence-electron chi connectivity index (χ1n) is 8.36. The summed E-state index contributed by atoms with van der Waals surface area (Å²) in [7, 11) is 0. The largest absolute Gasteiger partial charge is 0.393 e. The van der Waals surface area contributed by atoms with Crippen molar-refractivity contribution in [1.29, 1.82) is 0 Å². The Balaban J connectivity index is 1.80. The summed E-state index contributed by atoms with van der Waals surface area (Å²) in [5, 5.41) is 10.5. The molecule has 2 fully saturated rings. The molecule has 3 heterocycles. The average molecular weight is 330 g/mol. The summed E-state index contributed by atoms with van der Waals surface area (Å²) in [6.45, 7) is 0. The number of carbonyl (C=O) groups is 1. The lowest BCUT2D eigenvalue weighted by atomic mass is 9.82. The van der Waals surface area contributed by atoms with Crippen LogP contribution in [-0.2, 0) is 0 Å². The minimum atomic E-state index is -0.458. The number of aliphatic hydroxyl groups excluding tert-OH is 1. The quantitative estimate of drug-likeness (QED) is 0.842. The number of hydrogen-bond acceptors (Lipinski definition) is 3. The number of nitrogens with zero attached hydrogens (tertiary/aromatic N) is 1. The molecular weight excluding hydrogens is 311 g/mol. The SMILES string of the molecule is O=C(c1cc(=O)[nH]c2cc(F)ccc12)N1[C@@H]2CCC[C@H]1CC(O)C2. The van der Waals surface area contributed by atoms with Gasteiger partial charge in [0.25, 0.3) is 5.91 Å². The number of carbonyl (C=O) groups excluding carboxylic acids is 1. The van der Waals surface area contributed by atoms with Crippen LogP contribution in [0.4, 0.5) is 4.39 Å². The number of halogens is 1. The van der Waals surface area contributed by atoms with Crippen molar-refractivity contribution in [1.82, 2.24) is 9.88 Å². The highest BCUT2D eigenvalue weighted by Gasteiger charge is 2.40. The van der Waals surface area contributed by atoms with E-state index in [1.807, 2.05) is 4.90 Å². The van der Waals surface area contributed by atoms with Gasteiger partial charge in [-0.2, -0.15) is 0 Å². The minimum absolute atomic E-state index is 0.00906. The van der Waals surface area contributed by atoms with Crippen molar-refractivity contribution >= 4 is 16.8 Å². The standard InChI is InChI=1S/C18H19FN2O3/c19-10-4-5-14-15(9-17(23)20-16(14)6-10)18(24)21-11-2-1-3-12(21)8-13(22)7-11/h4-6,9,11-13,22H,1-3,7-8H2,(H,20,23)/t11-,12+,13?. The Labute approximate surface area is 138 Å². The lowest BCUT2D eigenvalue weighted by molar-refractivity contribution is -0.0149. The van der Waals surface area contributed by atoms with Crippen LogP contribution in [-0.4, -0.2) is 39.1 Å². The van der Waals surface area contributed by atoms with E-state index in [0.29, 0.717) is 29.3 Å². The molecule has 1 aromatic heterocycles. The highest BCUT2D eigenvalue weighted by molar-refractivity contribution is 6.06. The van der Waals surface area contributed by atoms with Crippen molar-refractivity contribution < 1.29 is 14.3 Å². The van der Waals surface area contributed by atoms with Gasteiger partial charge in [-0.15, -0.1) is 0 Å². The van der Waals surface area contributed by atoms with Crippen LogP contribution in [0.25, 0.3) is 10.9 Å². The highest BCUT2D eigenvalue weighted by atomic mass is 19.1. The zero-order valence-electron chi connectivity index (χ0n) is 13.2. The summed E-state index contributed by atoms with van der Waals surface area (Å²) in [5.74, 6) is -0.653. The van der Waals surface area contributed by atoms with E-state index in [4.69, 9.17) is 0 Å². The second kappa shape index (κ2) is 5.70. The zero-order chi connectivity index (χ0) is 16.8. The van der Waals surface area contributed by atoms with E-state index in [1.54, 1.807) is 0 Å². The average Bonchev–Trinajstić information content (AvgIpc) is 2.52. The number of benzene rings is 1. The predicted molar refractivity (Wildman–Crippen MR) is 87.4 cm³/mol. The minimum Gasteiger partial charge on any atom is -0.393 e. The van der Waals surface area contributed by atoms with Gasteiger partial charge < -0.3 is 15.0 Å². The second-order valence-electron chi connectivity index (χ2n) is 6.81. The normalized spacial score (nSPS) is 26.6. The summed E-state index contributed by atoms with van der Waals surface area (Å²) < 4.78 is 13.4. The van der Waals surface area contributed by atoms with Crippen LogP contribution in [0.15, 0.2) is 29.1 Å². The first-order chi connectivity index (χ1) is 11.5. The fourth-order valence-corrected chi connectivity index (χ4v) is 4.23. The van der Waals surface area contributed by atoms with E-state index in [9.17, 15) is 19.1 Å². The molecule has 3 atom stereocenters. The van der Waals surface area contributed by atoms with Gasteiger partial charge in [-0.25, -0.2) is 4.39 Å². The molecule has 24 heavy (non-hydrogen) atoms. The molecule has 1 unspecified atom stereocenters. The molecule has 1 aromatic carbocycles. The van der Waals surface area contributed by atoms with Gasteiger partial charge in [0.2, 0.25) is 5.56 Å². The van der Waals surface area contributed by atoms with Gasteiger partial charge in [0.1, 0.15) is 5.82 Å². The monoisotopic (exact) mass is 330 g/mol. The van der Waals surface area contributed by atoms with E-state index >= 15 is 0 Å². The third kappa shape index (κ3) is 2.51. The number of fused-ring (bicyclic) bond motifs is 3. The Kier molecular flexibility index (Phi) is 3.64. The fourth-order valence-electron chi connectivity index (χ4n) is 4.23. The number of hydrogen-bond donors (Lipinski definition) is 2. The number of pyridine rings is 1. The molecule has 6 heteroatoms. The summed E-state index contributed by atoms with van der Waals surface area (Å²) in [4.78, 5) is 29.5. The van der Waals surface area contributed by atoms with E-state index in [2.05, 4.69) is 4.98 Å². The van der Waals surface area contributed by atoms with Crippen LogP contribution < -0.4 is 5.56 Å². The molecule has 4 rings (SSSR count). The van der Waals surface area contributed by atoms with Crippen molar-refractivity contribution in [2.24, 2.45) is 0 Å². The molecule has 0 saturated carbocycles. The van der Waals surface area contributed by atoms with Gasteiger partial charge in [0, 0.05) is 23.5 Å². The summed E-state index contributed by atoms with van der Waals surface area (Å²) in [5.41, 5.74) is 0.216. The van der Waals surface area contributed by atoms with Crippen LogP contribution >= 0.6 is 0 Å². The summed E-state index contributed by atoms with van der Waals surface area (Å²) in [6, 6.07) is 5.36. The molecule has 2 N–H and O–H groups in total. The number of aliphatic hydroxyl groups is 1. The van der Waals surface area contributed by atoms with Crippen LogP contribution in [0.2, 0.25) is 0 Å². The molecule has 5 nitrogen and oxygen atoms in total. The number of piperidine rings is 2. The number of aromatic amines is 1. The Morgan fingerprint density at radius 2 is 1.92 bits per heavy atom. The van der Waals surface area contributed by atoms with E-state index in [0.717, 1.165) is 19.3 Å². The van der Waals surface area contributed by atoms with Crippen LogP contribution in [0, 0.1) is 5.82 Å². The van der Waals surface area contributed by atoms with Crippen molar-refractivity contribution in [3.8, 4) is 0 Å². The smallest absolute Gasteiger partial charge is 0.255 e. The molecule has 126 valence electrons. The topological polar surface area (TPSA) is 73.4 Å². The fraction of sp³-hybridized carbons (Fsp3) is 0.444. The molecular formula is C18H19FN2O3. The number of amides is 1. The Morgan fingerprint density at radius 3 is 2.62 bits per heavy atom. The van der Waals surface area contributed by atoms with E-state index in [-0.39, 0.29) is 24.1 Å². The third-order valence-electron chi connectivity index (χ3n) is 5.22. The number of nitrogens with one attached hydrogen (secondary N) is 1. The van der Waals surface area contributed by atoms with Gasteiger partial charge in [-0.05, 0) is 50.3 Å². The van der Waals surface area contributed by atoms with Gasteiger partial charge in [-0.1, -0.05) is 0 Å². The molecule has 0 spiro atoms. The van der Waals surface area contributed by atoms with Crippen molar-refractivity contribution in [3.05, 3.63) is 46.0 Å². The molecule has 2 saturated heterocycles. The van der Waals surface area contributed by atoms with Crippen LogP contribution in [0.5, 0.6) is 0 Å². The van der Waals surface area contributed by atoms with Crippen LogP contribution in [0.3, 0.4) is 0 Å². The molecule has 2 aliphatic heterocycles. The summed E-state index contributed by atoms with van der Waals surface area (Å²) in [6.07, 6.45) is 3.59. The molecule has 2 aromatic rings. The summed E-state index contributed by atoms with van der Waals surface area (Å²) >= 11 is 0. The lowest BCUT2D eigenvalue weighted by Gasteiger charge is -2.47. The zero-order valence-corrected chi connectivity index (χ0v) is 13.2. The molecule has 1 amide bonds. The number of H-pyrrole nitrogens is 1. The predicted octanol–water partition coefficient (Wildman–Crippen LogP) is 2.19. The highest BCUT2D eigenvalue weighted by Crippen LogP contribution is 2.35. The van der Waals surface area contributed by atoms with Crippen molar-refractivity contribution in [2.45, 2.75) is 50.3 Å². The Morgan fingerprint density at radius 1 is 1.21 bits per heavy atom. The molecule has 0 radical (unpaired) electrons.